The molecular formula is C66H98Cl2N4O4. The number of aromatic nitrogens is 4. The Morgan fingerprint density at radius 3 is 1.55 bits per heavy atom. The van der Waals surface area contributed by atoms with Gasteiger partial charge >= 0.3 is 0 Å². The van der Waals surface area contributed by atoms with Crippen molar-refractivity contribution < 1.29 is 19.8 Å². The Kier molecular flexibility index (Phi) is 14.0. The van der Waals surface area contributed by atoms with E-state index in [4.69, 9.17) is 33.4 Å². The number of halogens is 2. The van der Waals surface area contributed by atoms with Crippen LogP contribution in [0.4, 0.5) is 0 Å². The van der Waals surface area contributed by atoms with E-state index in [0.29, 0.717) is 60.9 Å². The monoisotopic (exact) mass is 1080 g/mol. The molecule has 20 atom stereocenters. The first-order valence-electron chi connectivity index (χ1n) is 31.2. The number of aliphatic hydroxyl groups is 2. The van der Waals surface area contributed by atoms with Gasteiger partial charge in [-0.1, -0.05) is 120 Å². The van der Waals surface area contributed by atoms with E-state index in [-0.39, 0.29) is 33.5 Å². The molecule has 0 saturated heterocycles. The number of carbonyl (C=O) groups is 2. The fraction of sp³-hybridized carbons (Fsp3) is 0.818. The van der Waals surface area contributed by atoms with E-state index < -0.39 is 32.8 Å². The van der Waals surface area contributed by atoms with E-state index in [0.717, 1.165) is 93.8 Å². The third-order valence-electron chi connectivity index (χ3n) is 26.7. The number of carbonyl (C=O) groups excluding carboxylic acids is 2. The third kappa shape index (κ3) is 7.50. The van der Waals surface area contributed by atoms with Gasteiger partial charge in [-0.25, -0.2) is 0 Å². The Morgan fingerprint density at radius 1 is 0.618 bits per heavy atom. The Hall–Kier alpha value is -2.26. The van der Waals surface area contributed by atoms with Gasteiger partial charge in [-0.15, -0.1) is 23.2 Å². The summed E-state index contributed by atoms with van der Waals surface area (Å²) in [5, 5.41) is 34.1. The highest BCUT2D eigenvalue weighted by molar-refractivity contribution is 6.26. The first kappa shape index (κ1) is 55.6. The molecule has 76 heavy (non-hydrogen) atoms. The Morgan fingerprint density at radius 2 is 1.08 bits per heavy atom. The highest BCUT2D eigenvalue weighted by Gasteiger charge is 2.75. The molecule has 0 aromatic carbocycles. The van der Waals surface area contributed by atoms with Crippen LogP contribution in [0.25, 0.3) is 12.2 Å². The highest BCUT2D eigenvalue weighted by atomic mass is 35.5. The summed E-state index contributed by atoms with van der Waals surface area (Å²) in [6.45, 7) is 28.8. The number of allylic oxidation sites excluding steroid dienone is 2. The molecule has 12 rings (SSSR count). The predicted octanol–water partition coefficient (Wildman–Crippen LogP) is 14.9. The molecule has 2 aromatic rings. The number of aliphatic hydroxyl groups excluding tert-OH is 2. The van der Waals surface area contributed by atoms with Crippen molar-refractivity contribution in [3.05, 3.63) is 46.1 Å². The Balaban J connectivity index is 0.000000162. The maximum absolute atomic E-state index is 13.4. The standard InChI is InChI=1S/2C33H49ClN2O2/c1-7-21-9-10-22(14-21)19-36-27-15-24-11-12-25-26-13-20(3)32(6,28(37)8-2)31(26,5)17-29(38)33(25,34)30(24,4)16-23(27)18-35-36;1-7-21-9-10-22(14-21)18-36-19-23-16-30(4)24(15-27(23)35-36)11-12-25-26-13-20(3)32(6,28(37)8-2)31(26,5)17-29(38)33(25,30)34/h15,18,20-22,25-26,29,38H,7-14,16-17,19H2,1-6H3;15,19-22,25-26,29,38H,7-14,16-18H2,1-6H3/t2*20-,21?,22?,25-,26-,29-,30-,31-,32+,33-/m00/s1. The van der Waals surface area contributed by atoms with Crippen LogP contribution in [0.2, 0.25) is 0 Å². The molecular weight excluding hydrogens is 984 g/mol. The lowest BCUT2D eigenvalue weighted by Gasteiger charge is -2.65. The summed E-state index contributed by atoms with van der Waals surface area (Å²) in [6, 6.07) is 0. The summed E-state index contributed by atoms with van der Waals surface area (Å²) in [7, 11) is 0. The molecule has 2 aromatic heterocycles. The van der Waals surface area contributed by atoms with E-state index in [2.05, 4.69) is 103 Å². The van der Waals surface area contributed by atoms with Crippen molar-refractivity contribution in [1.82, 2.24) is 19.6 Å². The first-order chi connectivity index (χ1) is 35.9. The van der Waals surface area contributed by atoms with Crippen LogP contribution in [0, 0.1) is 91.7 Å². The van der Waals surface area contributed by atoms with Gasteiger partial charge in [-0.3, -0.25) is 19.0 Å². The Labute approximate surface area is 468 Å². The largest absolute Gasteiger partial charge is 0.391 e. The summed E-state index contributed by atoms with van der Waals surface area (Å²) >= 11 is 15.7. The molecule has 4 unspecified atom stereocenters. The molecule has 2 heterocycles. The maximum atomic E-state index is 13.4. The average molecular weight is 1080 g/mol. The molecule has 10 aliphatic rings. The molecule has 8 nitrogen and oxygen atoms in total. The van der Waals surface area contributed by atoms with Gasteiger partial charge in [0.1, 0.15) is 11.6 Å². The zero-order chi connectivity index (χ0) is 54.5. The van der Waals surface area contributed by atoms with Crippen molar-refractivity contribution >= 4 is 46.9 Å². The molecule has 0 spiro atoms. The van der Waals surface area contributed by atoms with Crippen LogP contribution in [-0.2, 0) is 35.5 Å². The second-order valence-electron chi connectivity index (χ2n) is 29.3. The summed E-state index contributed by atoms with van der Waals surface area (Å²) in [5.41, 5.74) is 5.88. The number of hydrogen-bond donors (Lipinski definition) is 2. The number of Topliss-reactive ketones (excluding diaryl/α,β-unsaturated/α-hetero) is 2. The summed E-state index contributed by atoms with van der Waals surface area (Å²) in [5.74, 6) is 5.67. The fourth-order valence-corrected chi connectivity index (χ4v) is 22.5. The normalized spacial score (nSPS) is 47.6. The minimum Gasteiger partial charge on any atom is -0.391 e. The third-order valence-corrected chi connectivity index (χ3v) is 28.6. The first-order valence-corrected chi connectivity index (χ1v) is 31.9. The molecule has 0 aliphatic heterocycles. The molecule has 10 aliphatic carbocycles. The molecule has 10 heteroatoms. The van der Waals surface area contributed by atoms with E-state index in [1.54, 1.807) is 0 Å². The van der Waals surface area contributed by atoms with Crippen LogP contribution >= 0.6 is 23.2 Å². The topological polar surface area (TPSA) is 110 Å². The van der Waals surface area contributed by atoms with Gasteiger partial charge in [0.25, 0.3) is 0 Å². The second-order valence-corrected chi connectivity index (χ2v) is 30.6. The van der Waals surface area contributed by atoms with Gasteiger partial charge in [0.05, 0.1) is 39.5 Å². The smallest absolute Gasteiger partial charge is 0.139 e. The summed E-state index contributed by atoms with van der Waals surface area (Å²) < 4.78 is 4.48. The highest BCUT2D eigenvalue weighted by Crippen LogP contribution is 2.76. The summed E-state index contributed by atoms with van der Waals surface area (Å²) in [4.78, 5) is 25.4. The van der Waals surface area contributed by atoms with Gasteiger partial charge in [0, 0.05) is 53.8 Å². The van der Waals surface area contributed by atoms with Gasteiger partial charge in [-0.05, 0) is 183 Å². The van der Waals surface area contributed by atoms with Gasteiger partial charge < -0.3 is 10.2 Å². The predicted molar refractivity (Wildman–Crippen MR) is 308 cm³/mol. The number of ketones is 2. The van der Waals surface area contributed by atoms with Crippen LogP contribution in [0.1, 0.15) is 221 Å². The number of alkyl halides is 2. The van der Waals surface area contributed by atoms with Crippen molar-refractivity contribution in [2.75, 3.05) is 0 Å². The van der Waals surface area contributed by atoms with Crippen LogP contribution in [0.5, 0.6) is 0 Å². The molecule has 0 bridgehead atoms. The minimum atomic E-state index is -0.721. The molecule has 2 N–H and O–H groups in total. The van der Waals surface area contributed by atoms with Gasteiger partial charge in [0.2, 0.25) is 0 Å². The number of hydrogen-bond acceptors (Lipinski definition) is 6. The lowest BCUT2D eigenvalue weighted by Crippen LogP contribution is -2.68. The lowest BCUT2D eigenvalue weighted by atomic mass is 9.43. The zero-order valence-corrected chi connectivity index (χ0v) is 50.6. The number of rotatable bonds is 10. The number of fused-ring (bicyclic) bond motifs is 12. The van der Waals surface area contributed by atoms with Crippen molar-refractivity contribution in [3.63, 3.8) is 0 Å². The van der Waals surface area contributed by atoms with Gasteiger partial charge in [-0.2, -0.15) is 10.2 Å². The maximum Gasteiger partial charge on any atom is 0.139 e. The molecule has 8 saturated carbocycles. The summed E-state index contributed by atoms with van der Waals surface area (Å²) in [6.07, 6.45) is 28.5. The zero-order valence-electron chi connectivity index (χ0n) is 49.0. The van der Waals surface area contributed by atoms with Crippen LogP contribution in [0.15, 0.2) is 23.5 Å². The van der Waals surface area contributed by atoms with E-state index in [1.807, 2.05) is 13.8 Å². The fourth-order valence-electron chi connectivity index (χ4n) is 21.4. The molecule has 420 valence electrons. The van der Waals surface area contributed by atoms with Crippen molar-refractivity contribution in [2.45, 2.75) is 247 Å². The van der Waals surface area contributed by atoms with Crippen LogP contribution in [-0.4, -0.2) is 63.3 Å². The van der Waals surface area contributed by atoms with Crippen LogP contribution < -0.4 is 0 Å². The van der Waals surface area contributed by atoms with Crippen molar-refractivity contribution in [1.29, 1.82) is 0 Å². The van der Waals surface area contributed by atoms with Crippen molar-refractivity contribution in [3.8, 4) is 0 Å². The number of nitrogens with zero attached hydrogens (tertiary/aromatic N) is 4. The van der Waals surface area contributed by atoms with Crippen molar-refractivity contribution in [2.24, 2.45) is 91.7 Å². The molecule has 0 amide bonds. The SMILES string of the molecule is CCC(=O)[C@@]1(C)[C@@H](C)C[C@H]2[C@@H]3CCC4=Cc5c(cnn5CC5CCC(CC)C5)C[C@]4(C)[C@@]3(Cl)[C@@H](O)C[C@@]21C.CCC(=O)[C@@]1(C)[C@@H](C)C[C@H]2[C@@H]3CCC4=Cc5nn(CC6CCC(CC)C6)cc5C[C@]4(C)[C@@]3(Cl)[C@@H](O)C[C@@]21C. The van der Waals surface area contributed by atoms with E-state index >= 15 is 0 Å². The van der Waals surface area contributed by atoms with Gasteiger partial charge in [0.15, 0.2) is 0 Å². The molecule has 8 fully saturated rings. The quantitative estimate of drug-likeness (QED) is 0.229. The minimum absolute atomic E-state index is 0.204. The molecule has 0 radical (unpaired) electrons. The lowest BCUT2D eigenvalue weighted by molar-refractivity contribution is -0.153. The second kappa shape index (κ2) is 19.2. The average Bonchev–Trinajstić information content (AvgIpc) is 4.27. The Bertz CT molecular complexity index is 2670. The van der Waals surface area contributed by atoms with E-state index in [1.165, 1.54) is 79.3 Å². The van der Waals surface area contributed by atoms with Crippen LogP contribution in [0.3, 0.4) is 0 Å². The van der Waals surface area contributed by atoms with E-state index in [9.17, 15) is 19.8 Å².